The molecule has 2 aromatic rings. The number of allylic oxidation sites excluding steroid dienone is 1. The van der Waals surface area contributed by atoms with Crippen LogP contribution in [-0.2, 0) is 11.3 Å². The molecule has 0 atom stereocenters. The zero-order chi connectivity index (χ0) is 16.7. The average molecular weight is 312 g/mol. The third kappa shape index (κ3) is 4.69. The molecule has 0 fully saturated rings. The molecule has 0 spiro atoms. The Bertz CT molecular complexity index is 687. The molecule has 1 N–H and O–H groups in total. The van der Waals surface area contributed by atoms with Crippen molar-refractivity contribution in [3.05, 3.63) is 65.2 Å². The molecule has 0 aliphatic carbocycles. The summed E-state index contributed by atoms with van der Waals surface area (Å²) in [6, 6.07) is 11.9. The van der Waals surface area contributed by atoms with E-state index in [0.29, 0.717) is 18.8 Å². The minimum absolute atomic E-state index is 0.118. The van der Waals surface area contributed by atoms with Gasteiger partial charge < -0.3 is 14.6 Å². The van der Waals surface area contributed by atoms with Gasteiger partial charge in [0, 0.05) is 17.7 Å². The van der Waals surface area contributed by atoms with Crippen molar-refractivity contribution in [2.24, 2.45) is 0 Å². The van der Waals surface area contributed by atoms with Gasteiger partial charge >= 0.3 is 0 Å². The van der Waals surface area contributed by atoms with Crippen molar-refractivity contribution in [3.8, 4) is 11.5 Å². The Morgan fingerprint density at radius 3 is 2.57 bits per heavy atom. The zero-order valence-corrected chi connectivity index (χ0v) is 13.3. The second-order valence-corrected chi connectivity index (χ2v) is 4.95. The standard InChI is InChI=1S/C19H20O4/c1-3-23-13-16-12-14(5-11-19(16)22-2)4-10-18(21)15-6-8-17(20)9-7-15/h4-12,20H,3,13H2,1-2H3/b10-4+. The summed E-state index contributed by atoms with van der Waals surface area (Å²) in [7, 11) is 1.62. The van der Waals surface area contributed by atoms with Crippen molar-refractivity contribution in [1.82, 2.24) is 0 Å². The van der Waals surface area contributed by atoms with Gasteiger partial charge in [0.05, 0.1) is 13.7 Å². The van der Waals surface area contributed by atoms with Gasteiger partial charge in [-0.1, -0.05) is 12.1 Å². The van der Waals surface area contributed by atoms with E-state index >= 15 is 0 Å². The lowest BCUT2D eigenvalue weighted by molar-refractivity contribution is 0.104. The number of phenols is 1. The van der Waals surface area contributed by atoms with Gasteiger partial charge in [-0.3, -0.25) is 4.79 Å². The quantitative estimate of drug-likeness (QED) is 0.623. The van der Waals surface area contributed by atoms with Crippen molar-refractivity contribution in [2.75, 3.05) is 13.7 Å². The Balaban J connectivity index is 2.15. The van der Waals surface area contributed by atoms with Crippen LogP contribution in [0.1, 0.15) is 28.4 Å². The third-order valence-corrected chi connectivity index (χ3v) is 3.35. The Morgan fingerprint density at radius 1 is 1.17 bits per heavy atom. The van der Waals surface area contributed by atoms with Crippen LogP contribution in [0.25, 0.3) is 6.08 Å². The smallest absolute Gasteiger partial charge is 0.185 e. The highest BCUT2D eigenvalue weighted by molar-refractivity contribution is 6.06. The number of carbonyl (C=O) groups excluding carboxylic acids is 1. The number of benzene rings is 2. The number of ketones is 1. The number of methoxy groups -OCH3 is 1. The molecule has 0 bridgehead atoms. The molecular weight excluding hydrogens is 292 g/mol. The van der Waals surface area contributed by atoms with E-state index in [2.05, 4.69) is 0 Å². The molecule has 2 aromatic carbocycles. The molecule has 0 radical (unpaired) electrons. The maximum atomic E-state index is 12.1. The van der Waals surface area contributed by atoms with Crippen molar-refractivity contribution >= 4 is 11.9 Å². The normalized spacial score (nSPS) is 10.9. The largest absolute Gasteiger partial charge is 0.508 e. The van der Waals surface area contributed by atoms with E-state index in [4.69, 9.17) is 9.47 Å². The van der Waals surface area contributed by atoms with Crippen molar-refractivity contribution in [1.29, 1.82) is 0 Å². The average Bonchev–Trinajstić information content (AvgIpc) is 2.58. The molecule has 0 amide bonds. The Hall–Kier alpha value is -2.59. The van der Waals surface area contributed by atoms with Crippen molar-refractivity contribution in [2.45, 2.75) is 13.5 Å². The van der Waals surface area contributed by atoms with Gasteiger partial charge in [0.15, 0.2) is 5.78 Å². The van der Waals surface area contributed by atoms with Crippen molar-refractivity contribution in [3.63, 3.8) is 0 Å². The summed E-state index contributed by atoms with van der Waals surface area (Å²) >= 11 is 0. The topological polar surface area (TPSA) is 55.8 Å². The summed E-state index contributed by atoms with van der Waals surface area (Å²) in [5, 5.41) is 9.24. The Labute approximate surface area is 136 Å². The predicted molar refractivity (Wildman–Crippen MR) is 89.8 cm³/mol. The third-order valence-electron chi connectivity index (χ3n) is 3.35. The number of carbonyl (C=O) groups is 1. The number of aromatic hydroxyl groups is 1. The van der Waals surface area contributed by atoms with E-state index in [9.17, 15) is 9.90 Å². The Kier molecular flexibility index (Phi) is 5.94. The fourth-order valence-electron chi connectivity index (χ4n) is 2.12. The van der Waals surface area contributed by atoms with Gasteiger partial charge in [-0.25, -0.2) is 0 Å². The number of hydrogen-bond acceptors (Lipinski definition) is 4. The van der Waals surface area contributed by atoms with Gasteiger partial charge in [-0.05, 0) is 55.0 Å². The van der Waals surface area contributed by atoms with Gasteiger partial charge in [0.25, 0.3) is 0 Å². The molecule has 4 heteroatoms. The van der Waals surface area contributed by atoms with E-state index in [0.717, 1.165) is 16.9 Å². The van der Waals surface area contributed by atoms with Gasteiger partial charge in [0.1, 0.15) is 11.5 Å². The molecule has 0 aliphatic heterocycles. The maximum absolute atomic E-state index is 12.1. The number of phenolic OH excluding ortho intramolecular Hbond substituents is 1. The molecule has 0 saturated carbocycles. The van der Waals surface area contributed by atoms with Crippen LogP contribution in [0.3, 0.4) is 0 Å². The second-order valence-electron chi connectivity index (χ2n) is 4.95. The van der Waals surface area contributed by atoms with Crippen molar-refractivity contribution < 1.29 is 19.4 Å². The predicted octanol–water partition coefficient (Wildman–Crippen LogP) is 3.83. The number of hydrogen-bond donors (Lipinski definition) is 1. The first-order valence-electron chi connectivity index (χ1n) is 7.40. The molecule has 0 aromatic heterocycles. The van der Waals surface area contributed by atoms with Crippen LogP contribution in [0, 0.1) is 0 Å². The van der Waals surface area contributed by atoms with Gasteiger partial charge in [-0.2, -0.15) is 0 Å². The molecule has 0 unspecified atom stereocenters. The van der Waals surface area contributed by atoms with Crippen LogP contribution in [0.5, 0.6) is 11.5 Å². The fourth-order valence-corrected chi connectivity index (χ4v) is 2.12. The lowest BCUT2D eigenvalue weighted by atomic mass is 10.1. The summed E-state index contributed by atoms with van der Waals surface area (Å²) in [5.41, 5.74) is 2.36. The zero-order valence-electron chi connectivity index (χ0n) is 13.3. The van der Waals surface area contributed by atoms with Crippen LogP contribution in [0.4, 0.5) is 0 Å². The summed E-state index contributed by atoms with van der Waals surface area (Å²) < 4.78 is 10.7. The summed E-state index contributed by atoms with van der Waals surface area (Å²) in [6.07, 6.45) is 3.27. The van der Waals surface area contributed by atoms with Gasteiger partial charge in [-0.15, -0.1) is 0 Å². The highest BCUT2D eigenvalue weighted by Gasteiger charge is 2.05. The number of ether oxygens (including phenoxy) is 2. The molecule has 23 heavy (non-hydrogen) atoms. The lowest BCUT2D eigenvalue weighted by Gasteiger charge is -2.09. The highest BCUT2D eigenvalue weighted by atomic mass is 16.5. The lowest BCUT2D eigenvalue weighted by Crippen LogP contribution is -1.97. The first kappa shape index (κ1) is 16.8. The monoisotopic (exact) mass is 312 g/mol. The summed E-state index contributed by atoms with van der Waals surface area (Å²) in [4.78, 5) is 12.1. The fraction of sp³-hybridized carbons (Fsp3) is 0.211. The Morgan fingerprint density at radius 2 is 1.91 bits per heavy atom. The van der Waals surface area contributed by atoms with E-state index in [1.165, 1.54) is 18.2 Å². The minimum Gasteiger partial charge on any atom is -0.508 e. The molecule has 0 saturated heterocycles. The molecule has 120 valence electrons. The second kappa shape index (κ2) is 8.15. The van der Waals surface area contributed by atoms with E-state index < -0.39 is 0 Å². The number of rotatable bonds is 7. The highest BCUT2D eigenvalue weighted by Crippen LogP contribution is 2.22. The summed E-state index contributed by atoms with van der Waals surface area (Å²) in [5.74, 6) is 0.786. The van der Waals surface area contributed by atoms with Crippen LogP contribution in [0.2, 0.25) is 0 Å². The molecular formula is C19H20O4. The molecule has 2 rings (SSSR count). The first-order chi connectivity index (χ1) is 11.1. The SMILES string of the molecule is CCOCc1cc(/C=C/C(=O)c2ccc(O)cc2)ccc1OC. The van der Waals surface area contributed by atoms with Gasteiger partial charge in [0.2, 0.25) is 0 Å². The molecule has 4 nitrogen and oxygen atoms in total. The van der Waals surface area contributed by atoms with Crippen LogP contribution < -0.4 is 4.74 Å². The van der Waals surface area contributed by atoms with Crippen LogP contribution >= 0.6 is 0 Å². The van der Waals surface area contributed by atoms with E-state index in [1.807, 2.05) is 25.1 Å². The molecule has 0 aliphatic rings. The molecule has 0 heterocycles. The van der Waals surface area contributed by atoms with E-state index in [1.54, 1.807) is 25.3 Å². The first-order valence-corrected chi connectivity index (χ1v) is 7.40. The van der Waals surface area contributed by atoms with Crippen LogP contribution in [-0.4, -0.2) is 24.6 Å². The minimum atomic E-state index is -0.118. The van der Waals surface area contributed by atoms with E-state index in [-0.39, 0.29) is 11.5 Å². The van der Waals surface area contributed by atoms with Crippen LogP contribution in [0.15, 0.2) is 48.5 Å². The summed E-state index contributed by atoms with van der Waals surface area (Å²) in [6.45, 7) is 3.03. The maximum Gasteiger partial charge on any atom is 0.185 e.